The first-order valence-electron chi connectivity index (χ1n) is 8.67. The van der Waals surface area contributed by atoms with Crippen molar-refractivity contribution in [1.82, 2.24) is 4.31 Å². The number of aliphatic hydroxyl groups is 1. The Morgan fingerprint density at radius 1 is 1.18 bits per heavy atom. The van der Waals surface area contributed by atoms with Crippen molar-refractivity contribution in [3.8, 4) is 0 Å². The van der Waals surface area contributed by atoms with Gasteiger partial charge < -0.3 is 10.8 Å². The van der Waals surface area contributed by atoms with Crippen molar-refractivity contribution in [2.45, 2.75) is 36.1 Å². The van der Waals surface area contributed by atoms with Gasteiger partial charge in [-0.1, -0.05) is 29.8 Å². The van der Waals surface area contributed by atoms with Crippen LogP contribution in [-0.2, 0) is 21.8 Å². The zero-order valence-electron chi connectivity index (χ0n) is 15.1. The summed E-state index contributed by atoms with van der Waals surface area (Å²) < 4.78 is 65.8. The van der Waals surface area contributed by atoms with Crippen LogP contribution in [0.3, 0.4) is 0 Å². The van der Waals surface area contributed by atoms with Gasteiger partial charge in [-0.2, -0.15) is 17.5 Å². The molecule has 2 aromatic rings. The zero-order chi connectivity index (χ0) is 20.7. The molecule has 3 N–H and O–H groups in total. The number of nitrogens with zero attached hydrogens (tertiary/aromatic N) is 1. The van der Waals surface area contributed by atoms with Crippen LogP contribution in [0.2, 0.25) is 0 Å². The van der Waals surface area contributed by atoms with Crippen molar-refractivity contribution in [3.63, 3.8) is 0 Å². The van der Waals surface area contributed by atoms with Crippen LogP contribution in [0.15, 0.2) is 53.4 Å². The van der Waals surface area contributed by atoms with Gasteiger partial charge in [-0.3, -0.25) is 0 Å². The summed E-state index contributed by atoms with van der Waals surface area (Å²) in [5, 5.41) is 11.0. The van der Waals surface area contributed by atoms with Gasteiger partial charge in [-0.05, 0) is 43.2 Å². The minimum absolute atomic E-state index is 0.0298. The first kappa shape index (κ1) is 20.8. The van der Waals surface area contributed by atoms with Gasteiger partial charge in [0.1, 0.15) is 5.60 Å². The van der Waals surface area contributed by atoms with E-state index in [2.05, 4.69) is 0 Å². The normalized spacial score (nSPS) is 24.3. The second-order valence-corrected chi connectivity index (χ2v) is 8.97. The Labute approximate surface area is 161 Å². The molecule has 0 aliphatic carbocycles. The summed E-state index contributed by atoms with van der Waals surface area (Å²) in [7, 11) is -3.81. The van der Waals surface area contributed by atoms with Crippen LogP contribution < -0.4 is 5.73 Å². The van der Waals surface area contributed by atoms with Crippen molar-refractivity contribution in [2.75, 3.05) is 13.1 Å². The van der Waals surface area contributed by atoms with Crippen LogP contribution in [0.4, 0.5) is 13.2 Å². The highest BCUT2D eigenvalue weighted by molar-refractivity contribution is 7.89. The average molecular weight is 414 g/mol. The Morgan fingerprint density at radius 2 is 1.82 bits per heavy atom. The maximum Gasteiger partial charge on any atom is 0.416 e. The molecule has 5 nitrogen and oxygen atoms in total. The number of aryl methyl sites for hydroxylation is 1. The van der Waals surface area contributed by atoms with E-state index < -0.39 is 33.4 Å². The van der Waals surface area contributed by atoms with E-state index in [4.69, 9.17) is 5.73 Å². The minimum atomic E-state index is -4.55. The fraction of sp³-hybridized carbons (Fsp3) is 0.368. The fourth-order valence-electron chi connectivity index (χ4n) is 3.34. The quantitative estimate of drug-likeness (QED) is 0.809. The molecule has 0 bridgehead atoms. The number of halogens is 3. The molecule has 2 atom stereocenters. The smallest absolute Gasteiger partial charge is 0.383 e. The van der Waals surface area contributed by atoms with Crippen molar-refractivity contribution in [1.29, 1.82) is 0 Å². The van der Waals surface area contributed by atoms with Crippen LogP contribution in [0.25, 0.3) is 0 Å². The van der Waals surface area contributed by atoms with Crippen molar-refractivity contribution >= 4 is 10.0 Å². The molecule has 0 unspecified atom stereocenters. The van der Waals surface area contributed by atoms with Gasteiger partial charge in [0.2, 0.25) is 10.0 Å². The van der Waals surface area contributed by atoms with Gasteiger partial charge in [0.25, 0.3) is 0 Å². The van der Waals surface area contributed by atoms with Crippen LogP contribution in [0.1, 0.15) is 23.1 Å². The van der Waals surface area contributed by atoms with Gasteiger partial charge in [-0.15, -0.1) is 0 Å². The van der Waals surface area contributed by atoms with Crippen LogP contribution in [-0.4, -0.2) is 37.0 Å². The van der Waals surface area contributed by atoms with Crippen molar-refractivity contribution < 1.29 is 26.7 Å². The number of rotatable bonds is 3. The van der Waals surface area contributed by atoms with Gasteiger partial charge >= 0.3 is 6.18 Å². The summed E-state index contributed by atoms with van der Waals surface area (Å²) in [6.07, 6.45) is -4.66. The molecule has 1 fully saturated rings. The lowest BCUT2D eigenvalue weighted by Gasteiger charge is -2.42. The molecule has 0 amide bonds. The lowest BCUT2D eigenvalue weighted by atomic mass is 9.81. The SMILES string of the molecule is Cc1ccc(S(=O)(=O)N2CC[C@@](O)(c3cccc(C(F)(F)F)c3)[C@@H](N)C2)cc1. The van der Waals surface area contributed by atoms with Crippen molar-refractivity contribution in [3.05, 3.63) is 65.2 Å². The number of hydrogen-bond donors (Lipinski definition) is 2. The van der Waals surface area contributed by atoms with Gasteiger partial charge in [-0.25, -0.2) is 8.42 Å². The molecule has 0 saturated carbocycles. The number of benzene rings is 2. The number of sulfonamides is 1. The molecule has 0 spiro atoms. The second-order valence-electron chi connectivity index (χ2n) is 7.04. The molecule has 1 saturated heterocycles. The highest BCUT2D eigenvalue weighted by Gasteiger charge is 2.45. The van der Waals surface area contributed by atoms with Crippen LogP contribution in [0, 0.1) is 6.92 Å². The van der Waals surface area contributed by atoms with Crippen molar-refractivity contribution in [2.24, 2.45) is 5.73 Å². The highest BCUT2D eigenvalue weighted by Crippen LogP contribution is 2.37. The van der Waals surface area contributed by atoms with Crippen LogP contribution >= 0.6 is 0 Å². The van der Waals surface area contributed by atoms with Gasteiger partial charge in [0.15, 0.2) is 0 Å². The van der Waals surface area contributed by atoms with E-state index in [0.29, 0.717) is 0 Å². The van der Waals surface area contributed by atoms with E-state index in [1.165, 1.54) is 24.3 Å². The van der Waals surface area contributed by atoms with E-state index in [1.54, 1.807) is 12.1 Å². The lowest BCUT2D eigenvalue weighted by molar-refractivity contribution is -0.137. The molecule has 1 heterocycles. The third-order valence-corrected chi connectivity index (χ3v) is 6.98. The minimum Gasteiger partial charge on any atom is -0.383 e. The largest absolute Gasteiger partial charge is 0.416 e. The van der Waals surface area contributed by atoms with Crippen LogP contribution in [0.5, 0.6) is 0 Å². The predicted molar refractivity (Wildman–Crippen MR) is 97.9 cm³/mol. The lowest BCUT2D eigenvalue weighted by Crippen LogP contribution is -2.58. The molecule has 28 heavy (non-hydrogen) atoms. The number of nitrogens with two attached hydrogens (primary N) is 1. The first-order valence-corrected chi connectivity index (χ1v) is 10.1. The molecule has 0 radical (unpaired) electrons. The number of alkyl halides is 3. The summed E-state index contributed by atoms with van der Waals surface area (Å²) in [6, 6.07) is 9.61. The van der Waals surface area contributed by atoms with Gasteiger partial charge in [0.05, 0.1) is 16.5 Å². The predicted octanol–water partition coefficient (Wildman–Crippen LogP) is 2.62. The number of hydrogen-bond acceptors (Lipinski definition) is 4. The second kappa shape index (κ2) is 7.14. The molecule has 152 valence electrons. The molecule has 1 aliphatic rings. The Morgan fingerprint density at radius 3 is 2.39 bits per heavy atom. The Bertz CT molecular complexity index is 961. The van der Waals surface area contributed by atoms with E-state index in [1.807, 2.05) is 6.92 Å². The Hall–Kier alpha value is -1.94. The van der Waals surface area contributed by atoms with Gasteiger partial charge in [0, 0.05) is 13.1 Å². The molecule has 3 rings (SSSR count). The summed E-state index contributed by atoms with van der Waals surface area (Å²) >= 11 is 0. The maximum absolute atomic E-state index is 13.0. The third kappa shape index (κ3) is 3.80. The molecular formula is C19H21F3N2O3S. The Kier molecular flexibility index (Phi) is 5.30. The standard InChI is InChI=1S/C19H21F3N2O3S/c1-13-5-7-16(8-6-13)28(26,27)24-10-9-18(25,17(23)12-24)14-3-2-4-15(11-14)19(20,21)22/h2-8,11,17,25H,9-10,12,23H2,1H3/t17-,18+/m0/s1. The fourth-order valence-corrected chi connectivity index (χ4v) is 4.81. The molecular weight excluding hydrogens is 393 g/mol. The summed E-state index contributed by atoms with van der Waals surface area (Å²) in [6.45, 7) is 1.57. The average Bonchev–Trinajstić information content (AvgIpc) is 2.63. The maximum atomic E-state index is 13.0. The molecule has 9 heteroatoms. The summed E-state index contributed by atoms with van der Waals surface area (Å²) in [5.41, 5.74) is 4.36. The number of piperidine rings is 1. The molecule has 2 aromatic carbocycles. The Balaban J connectivity index is 1.86. The van der Waals surface area contributed by atoms with E-state index in [0.717, 1.165) is 22.0 Å². The summed E-state index contributed by atoms with van der Waals surface area (Å²) in [4.78, 5) is 0.106. The van der Waals surface area contributed by atoms with E-state index in [9.17, 15) is 26.7 Å². The van der Waals surface area contributed by atoms with E-state index in [-0.39, 0.29) is 30.0 Å². The topological polar surface area (TPSA) is 83.6 Å². The monoisotopic (exact) mass is 414 g/mol. The third-order valence-electron chi connectivity index (χ3n) is 5.10. The molecule has 1 aliphatic heterocycles. The summed E-state index contributed by atoms with van der Waals surface area (Å²) in [5.74, 6) is 0. The van der Waals surface area contributed by atoms with E-state index >= 15 is 0 Å². The molecule has 0 aromatic heterocycles. The zero-order valence-corrected chi connectivity index (χ0v) is 16.0. The first-order chi connectivity index (χ1) is 12.9. The highest BCUT2D eigenvalue weighted by atomic mass is 32.2.